The van der Waals surface area contributed by atoms with E-state index in [1.807, 2.05) is 6.07 Å². The van der Waals surface area contributed by atoms with Gasteiger partial charge in [0.05, 0.1) is 5.69 Å². The first kappa shape index (κ1) is 11.5. The Morgan fingerprint density at radius 2 is 1.84 bits per heavy atom. The number of aromatic nitrogens is 1. The first-order chi connectivity index (χ1) is 9.20. The number of fused-ring (bicyclic) bond motifs is 1. The van der Waals surface area contributed by atoms with Gasteiger partial charge in [-0.15, -0.1) is 0 Å². The highest BCUT2D eigenvalue weighted by Gasteiger charge is 2.22. The molecule has 0 amide bonds. The Hall–Kier alpha value is -2.54. The van der Waals surface area contributed by atoms with Crippen LogP contribution in [-0.2, 0) is 12.8 Å². The first-order valence-corrected chi connectivity index (χ1v) is 6.18. The van der Waals surface area contributed by atoms with E-state index in [-0.39, 0.29) is 16.9 Å². The molecular formula is C15H12N2O2. The summed E-state index contributed by atoms with van der Waals surface area (Å²) >= 11 is 0. The lowest BCUT2D eigenvalue weighted by molar-refractivity contribution is 0.475. The summed E-state index contributed by atoms with van der Waals surface area (Å²) in [6, 6.07) is 8.72. The van der Waals surface area contributed by atoms with Gasteiger partial charge in [0, 0.05) is 0 Å². The van der Waals surface area contributed by atoms with Crippen molar-refractivity contribution in [3.05, 3.63) is 51.3 Å². The number of hydrogen-bond acceptors (Lipinski definition) is 3. The van der Waals surface area contributed by atoms with E-state index in [9.17, 15) is 9.90 Å². The van der Waals surface area contributed by atoms with Crippen molar-refractivity contribution in [2.75, 3.05) is 0 Å². The van der Waals surface area contributed by atoms with Crippen molar-refractivity contribution < 1.29 is 5.11 Å². The summed E-state index contributed by atoms with van der Waals surface area (Å²) < 4.78 is 0. The molecule has 1 heterocycles. The van der Waals surface area contributed by atoms with Crippen molar-refractivity contribution in [3.8, 4) is 23.1 Å². The molecule has 2 N–H and O–H groups in total. The van der Waals surface area contributed by atoms with Gasteiger partial charge in [-0.3, -0.25) is 4.79 Å². The molecule has 0 radical (unpaired) electrons. The number of aromatic amines is 1. The number of phenols is 1. The summed E-state index contributed by atoms with van der Waals surface area (Å²) in [6.45, 7) is 0. The number of hydrogen-bond donors (Lipinski definition) is 2. The Bertz CT molecular complexity index is 736. The van der Waals surface area contributed by atoms with E-state index in [4.69, 9.17) is 5.26 Å². The van der Waals surface area contributed by atoms with Crippen LogP contribution in [0.1, 0.15) is 23.1 Å². The van der Waals surface area contributed by atoms with Crippen LogP contribution in [0.4, 0.5) is 0 Å². The van der Waals surface area contributed by atoms with Crippen molar-refractivity contribution in [2.24, 2.45) is 0 Å². The van der Waals surface area contributed by atoms with Crippen LogP contribution < -0.4 is 5.56 Å². The third-order valence-corrected chi connectivity index (χ3v) is 3.55. The van der Waals surface area contributed by atoms with Crippen molar-refractivity contribution >= 4 is 0 Å². The van der Waals surface area contributed by atoms with Gasteiger partial charge in [-0.25, -0.2) is 0 Å². The minimum absolute atomic E-state index is 0.191. The molecule has 0 saturated heterocycles. The second-order valence-corrected chi connectivity index (χ2v) is 4.67. The van der Waals surface area contributed by atoms with Crippen molar-refractivity contribution in [3.63, 3.8) is 0 Å². The van der Waals surface area contributed by atoms with Gasteiger partial charge >= 0.3 is 0 Å². The molecule has 4 nitrogen and oxygen atoms in total. The third kappa shape index (κ3) is 1.80. The highest BCUT2D eigenvalue weighted by Crippen LogP contribution is 2.31. The molecule has 0 bridgehead atoms. The monoisotopic (exact) mass is 252 g/mol. The molecule has 0 spiro atoms. The molecule has 0 unspecified atom stereocenters. The van der Waals surface area contributed by atoms with Crippen LogP contribution in [-0.4, -0.2) is 10.1 Å². The standard InChI is InChI=1S/C15H12N2O2/c16-8-13-11-2-1-3-12(11)14(17-15(13)19)9-4-6-10(18)7-5-9/h4-7,18H,1-3H2,(H,17,19). The lowest BCUT2D eigenvalue weighted by Crippen LogP contribution is -2.15. The quantitative estimate of drug-likeness (QED) is 0.816. The molecule has 3 rings (SSSR count). The molecule has 1 aromatic heterocycles. The van der Waals surface area contributed by atoms with Crippen LogP contribution in [0.15, 0.2) is 29.1 Å². The topological polar surface area (TPSA) is 76.9 Å². The fourth-order valence-electron chi connectivity index (χ4n) is 2.68. The van der Waals surface area contributed by atoms with Crippen LogP contribution in [0.25, 0.3) is 11.3 Å². The van der Waals surface area contributed by atoms with Gasteiger partial charge < -0.3 is 10.1 Å². The maximum Gasteiger partial charge on any atom is 0.266 e. The van der Waals surface area contributed by atoms with E-state index < -0.39 is 0 Å². The second-order valence-electron chi connectivity index (χ2n) is 4.67. The number of H-pyrrole nitrogens is 1. The first-order valence-electron chi connectivity index (χ1n) is 6.18. The molecule has 1 aliphatic carbocycles. The Morgan fingerprint density at radius 1 is 1.16 bits per heavy atom. The maximum absolute atomic E-state index is 11.9. The summed E-state index contributed by atoms with van der Waals surface area (Å²) in [7, 11) is 0. The molecule has 1 aromatic carbocycles. The SMILES string of the molecule is N#Cc1c2c(c(-c3ccc(O)cc3)[nH]c1=O)CCC2. The lowest BCUT2D eigenvalue weighted by atomic mass is 10.00. The summed E-state index contributed by atoms with van der Waals surface area (Å²) in [6.07, 6.45) is 2.62. The van der Waals surface area contributed by atoms with Crippen LogP contribution in [0.3, 0.4) is 0 Å². The minimum atomic E-state index is -0.328. The van der Waals surface area contributed by atoms with Crippen LogP contribution in [0, 0.1) is 11.3 Å². The number of benzene rings is 1. The highest BCUT2D eigenvalue weighted by molar-refractivity contribution is 5.67. The van der Waals surface area contributed by atoms with E-state index in [0.29, 0.717) is 0 Å². The Morgan fingerprint density at radius 3 is 2.53 bits per heavy atom. The average Bonchev–Trinajstić information content (AvgIpc) is 2.88. The fourth-order valence-corrected chi connectivity index (χ4v) is 2.68. The Labute approximate surface area is 110 Å². The van der Waals surface area contributed by atoms with E-state index in [1.54, 1.807) is 24.3 Å². The molecule has 0 fully saturated rings. The lowest BCUT2D eigenvalue weighted by Gasteiger charge is -2.09. The molecular weight excluding hydrogens is 240 g/mol. The molecule has 0 aliphatic heterocycles. The van der Waals surface area contributed by atoms with Crippen LogP contribution >= 0.6 is 0 Å². The number of nitrogens with one attached hydrogen (secondary N) is 1. The maximum atomic E-state index is 11.9. The molecule has 1 aliphatic rings. The van der Waals surface area contributed by atoms with E-state index >= 15 is 0 Å². The predicted octanol–water partition coefficient (Wildman–Crippen LogP) is 2.11. The molecule has 94 valence electrons. The van der Waals surface area contributed by atoms with Crippen molar-refractivity contribution in [1.82, 2.24) is 4.98 Å². The number of rotatable bonds is 1. The van der Waals surface area contributed by atoms with Crippen molar-refractivity contribution in [1.29, 1.82) is 5.26 Å². The number of phenolic OH excluding ortho intramolecular Hbond substituents is 1. The zero-order chi connectivity index (χ0) is 13.4. The smallest absolute Gasteiger partial charge is 0.266 e. The van der Waals surface area contributed by atoms with Gasteiger partial charge in [0.15, 0.2) is 0 Å². The van der Waals surface area contributed by atoms with Gasteiger partial charge in [0.2, 0.25) is 0 Å². The summed E-state index contributed by atoms with van der Waals surface area (Å²) in [4.78, 5) is 14.7. The number of aromatic hydroxyl groups is 1. The highest BCUT2D eigenvalue weighted by atomic mass is 16.3. The Balaban J connectivity index is 2.27. The largest absolute Gasteiger partial charge is 0.508 e. The second kappa shape index (κ2) is 4.29. The molecule has 0 saturated carbocycles. The predicted molar refractivity (Wildman–Crippen MR) is 70.9 cm³/mol. The van der Waals surface area contributed by atoms with Crippen LogP contribution in [0.5, 0.6) is 5.75 Å². The number of nitriles is 1. The van der Waals surface area contributed by atoms with Gasteiger partial charge in [-0.05, 0) is 60.2 Å². The normalized spacial score (nSPS) is 13.0. The molecule has 19 heavy (non-hydrogen) atoms. The summed E-state index contributed by atoms with van der Waals surface area (Å²) in [5.74, 6) is 0.191. The summed E-state index contributed by atoms with van der Waals surface area (Å²) in [5.41, 5.74) is 3.49. The number of pyridine rings is 1. The molecule has 0 atom stereocenters. The van der Waals surface area contributed by atoms with E-state index in [0.717, 1.165) is 41.6 Å². The van der Waals surface area contributed by atoms with Gasteiger partial charge in [-0.2, -0.15) is 5.26 Å². The summed E-state index contributed by atoms with van der Waals surface area (Å²) in [5, 5.41) is 18.4. The van der Waals surface area contributed by atoms with Gasteiger partial charge in [-0.1, -0.05) is 0 Å². The molecule has 2 aromatic rings. The Kier molecular flexibility index (Phi) is 2.60. The fraction of sp³-hybridized carbons (Fsp3) is 0.200. The van der Waals surface area contributed by atoms with Crippen LogP contribution in [0.2, 0.25) is 0 Å². The van der Waals surface area contributed by atoms with Gasteiger partial charge in [0.1, 0.15) is 17.4 Å². The average molecular weight is 252 g/mol. The zero-order valence-electron chi connectivity index (χ0n) is 10.2. The zero-order valence-corrected chi connectivity index (χ0v) is 10.2. The van der Waals surface area contributed by atoms with Crippen molar-refractivity contribution in [2.45, 2.75) is 19.3 Å². The third-order valence-electron chi connectivity index (χ3n) is 3.55. The molecule has 4 heteroatoms. The van der Waals surface area contributed by atoms with Gasteiger partial charge in [0.25, 0.3) is 5.56 Å². The minimum Gasteiger partial charge on any atom is -0.508 e. The number of nitrogens with zero attached hydrogens (tertiary/aromatic N) is 1. The van der Waals surface area contributed by atoms with E-state index in [1.165, 1.54) is 0 Å². The van der Waals surface area contributed by atoms with E-state index in [2.05, 4.69) is 4.98 Å².